The molecule has 1 amide bonds. The number of amides is 1. The second-order valence-corrected chi connectivity index (χ2v) is 7.36. The van der Waals surface area contributed by atoms with Crippen molar-refractivity contribution in [3.8, 4) is 5.75 Å². The van der Waals surface area contributed by atoms with Crippen molar-refractivity contribution in [2.75, 3.05) is 17.2 Å². The monoisotopic (exact) mass is 390 g/mol. The zero-order valence-electron chi connectivity index (χ0n) is 17.2. The minimum atomic E-state index is -0.180. The van der Waals surface area contributed by atoms with Gasteiger partial charge in [0.2, 0.25) is 5.95 Å². The van der Waals surface area contributed by atoms with Crippen LogP contribution in [0, 0.1) is 19.8 Å². The van der Waals surface area contributed by atoms with Gasteiger partial charge in [-0.05, 0) is 68.3 Å². The molecule has 29 heavy (non-hydrogen) atoms. The van der Waals surface area contributed by atoms with Crippen LogP contribution in [0.3, 0.4) is 0 Å². The van der Waals surface area contributed by atoms with Crippen LogP contribution in [0.4, 0.5) is 17.3 Å². The van der Waals surface area contributed by atoms with Crippen LogP contribution in [0.5, 0.6) is 5.75 Å². The topological polar surface area (TPSA) is 76.1 Å². The molecular weight excluding hydrogens is 364 g/mol. The molecule has 0 spiro atoms. The van der Waals surface area contributed by atoms with E-state index >= 15 is 0 Å². The number of benzene rings is 2. The third-order valence-corrected chi connectivity index (χ3v) is 4.06. The highest BCUT2D eigenvalue weighted by atomic mass is 16.5. The van der Waals surface area contributed by atoms with Crippen molar-refractivity contribution in [1.29, 1.82) is 0 Å². The van der Waals surface area contributed by atoms with Gasteiger partial charge in [0, 0.05) is 28.3 Å². The lowest BCUT2D eigenvalue weighted by molar-refractivity contribution is 0.102. The van der Waals surface area contributed by atoms with Crippen molar-refractivity contribution < 1.29 is 9.53 Å². The first-order valence-electron chi connectivity index (χ1n) is 9.62. The van der Waals surface area contributed by atoms with Crippen LogP contribution in [0.1, 0.15) is 35.6 Å². The van der Waals surface area contributed by atoms with Crippen molar-refractivity contribution in [2.24, 2.45) is 5.92 Å². The Morgan fingerprint density at radius 2 is 1.62 bits per heavy atom. The summed E-state index contributed by atoms with van der Waals surface area (Å²) in [5.41, 5.74) is 3.84. The summed E-state index contributed by atoms with van der Waals surface area (Å²) in [6, 6.07) is 16.5. The molecule has 1 heterocycles. The van der Waals surface area contributed by atoms with Gasteiger partial charge in [0.25, 0.3) is 5.91 Å². The number of nitrogens with one attached hydrogen (secondary N) is 2. The van der Waals surface area contributed by atoms with E-state index in [1.807, 2.05) is 56.3 Å². The largest absolute Gasteiger partial charge is 0.493 e. The smallest absolute Gasteiger partial charge is 0.255 e. The Labute approximate surface area is 171 Å². The second kappa shape index (κ2) is 9.19. The standard InChI is InChI=1S/C23H26N4O2/c1-15(2)14-29-21-10-8-18(9-11-21)22(28)26-19-6-5-7-20(13-19)27-23-24-16(3)12-17(4)25-23/h5-13,15H,14H2,1-4H3,(H,26,28)(H,24,25,27). The minimum absolute atomic E-state index is 0.180. The van der Waals surface area contributed by atoms with Crippen LogP contribution in [0.15, 0.2) is 54.6 Å². The number of carbonyl (C=O) groups excluding carboxylic acids is 1. The van der Waals surface area contributed by atoms with Crippen LogP contribution < -0.4 is 15.4 Å². The van der Waals surface area contributed by atoms with Gasteiger partial charge in [-0.2, -0.15) is 0 Å². The van der Waals surface area contributed by atoms with Gasteiger partial charge >= 0.3 is 0 Å². The fraction of sp³-hybridized carbons (Fsp3) is 0.261. The molecular formula is C23H26N4O2. The van der Waals surface area contributed by atoms with E-state index in [9.17, 15) is 4.79 Å². The van der Waals surface area contributed by atoms with E-state index in [1.54, 1.807) is 12.1 Å². The lowest BCUT2D eigenvalue weighted by Crippen LogP contribution is -2.12. The van der Waals surface area contributed by atoms with Crippen LogP contribution >= 0.6 is 0 Å². The molecule has 6 nitrogen and oxygen atoms in total. The number of hydrogen-bond acceptors (Lipinski definition) is 5. The third kappa shape index (κ3) is 6.04. The highest BCUT2D eigenvalue weighted by Crippen LogP contribution is 2.20. The van der Waals surface area contributed by atoms with Crippen LogP contribution in [-0.4, -0.2) is 22.5 Å². The second-order valence-electron chi connectivity index (χ2n) is 7.36. The predicted octanol–water partition coefficient (Wildman–Crippen LogP) is 5.12. The molecule has 2 N–H and O–H groups in total. The zero-order chi connectivity index (χ0) is 20.8. The molecule has 0 saturated carbocycles. The van der Waals surface area contributed by atoms with Crippen molar-refractivity contribution in [1.82, 2.24) is 9.97 Å². The van der Waals surface area contributed by atoms with Crippen molar-refractivity contribution in [3.05, 3.63) is 71.5 Å². The Bertz CT molecular complexity index is 964. The van der Waals surface area contributed by atoms with Crippen molar-refractivity contribution >= 4 is 23.2 Å². The Morgan fingerprint density at radius 1 is 0.966 bits per heavy atom. The maximum Gasteiger partial charge on any atom is 0.255 e. The maximum absolute atomic E-state index is 12.6. The van der Waals surface area contributed by atoms with E-state index in [2.05, 4.69) is 34.4 Å². The Hall–Kier alpha value is -3.41. The maximum atomic E-state index is 12.6. The average Bonchev–Trinajstić information content (AvgIpc) is 2.66. The van der Waals surface area contributed by atoms with E-state index in [0.717, 1.165) is 22.8 Å². The summed E-state index contributed by atoms with van der Waals surface area (Å²) in [7, 11) is 0. The molecule has 0 bridgehead atoms. The summed E-state index contributed by atoms with van der Waals surface area (Å²) < 4.78 is 5.66. The first-order valence-corrected chi connectivity index (χ1v) is 9.62. The minimum Gasteiger partial charge on any atom is -0.493 e. The van der Waals surface area contributed by atoms with E-state index in [0.29, 0.717) is 29.7 Å². The normalized spacial score (nSPS) is 10.7. The van der Waals surface area contributed by atoms with Gasteiger partial charge in [0.1, 0.15) is 5.75 Å². The molecule has 2 aromatic carbocycles. The lowest BCUT2D eigenvalue weighted by atomic mass is 10.2. The average molecular weight is 390 g/mol. The van der Waals surface area contributed by atoms with E-state index in [4.69, 9.17) is 4.74 Å². The molecule has 150 valence electrons. The Kier molecular flexibility index (Phi) is 6.44. The van der Waals surface area contributed by atoms with Gasteiger partial charge in [-0.15, -0.1) is 0 Å². The molecule has 0 atom stereocenters. The molecule has 3 rings (SSSR count). The lowest BCUT2D eigenvalue weighted by Gasteiger charge is -2.11. The number of aryl methyl sites for hydroxylation is 2. The number of aromatic nitrogens is 2. The van der Waals surface area contributed by atoms with Gasteiger partial charge in [-0.3, -0.25) is 4.79 Å². The summed E-state index contributed by atoms with van der Waals surface area (Å²) in [4.78, 5) is 21.3. The highest BCUT2D eigenvalue weighted by Gasteiger charge is 2.08. The molecule has 0 saturated heterocycles. The quantitative estimate of drug-likeness (QED) is 0.585. The summed E-state index contributed by atoms with van der Waals surface area (Å²) in [5, 5.41) is 6.10. The van der Waals surface area contributed by atoms with E-state index in [1.165, 1.54) is 0 Å². The molecule has 0 aliphatic carbocycles. The van der Waals surface area contributed by atoms with Gasteiger partial charge in [-0.25, -0.2) is 9.97 Å². The molecule has 0 unspecified atom stereocenters. The van der Waals surface area contributed by atoms with E-state index < -0.39 is 0 Å². The molecule has 3 aromatic rings. The number of nitrogens with zero attached hydrogens (tertiary/aromatic N) is 2. The Balaban J connectivity index is 1.65. The number of carbonyl (C=O) groups is 1. The van der Waals surface area contributed by atoms with Crippen LogP contribution in [0.25, 0.3) is 0 Å². The summed E-state index contributed by atoms with van der Waals surface area (Å²) >= 11 is 0. The number of ether oxygens (including phenoxy) is 1. The predicted molar refractivity (Wildman–Crippen MR) is 116 cm³/mol. The highest BCUT2D eigenvalue weighted by molar-refractivity contribution is 6.04. The third-order valence-electron chi connectivity index (χ3n) is 4.06. The summed E-state index contributed by atoms with van der Waals surface area (Å²) in [5.74, 6) is 1.56. The van der Waals surface area contributed by atoms with Crippen LogP contribution in [0.2, 0.25) is 0 Å². The number of rotatable bonds is 7. The van der Waals surface area contributed by atoms with Crippen molar-refractivity contribution in [2.45, 2.75) is 27.7 Å². The van der Waals surface area contributed by atoms with Crippen LogP contribution in [-0.2, 0) is 0 Å². The Morgan fingerprint density at radius 3 is 2.28 bits per heavy atom. The first-order chi connectivity index (χ1) is 13.9. The first kappa shape index (κ1) is 20.3. The SMILES string of the molecule is Cc1cc(C)nc(Nc2cccc(NC(=O)c3ccc(OCC(C)C)cc3)c2)n1. The molecule has 0 aliphatic rings. The molecule has 6 heteroatoms. The fourth-order valence-electron chi connectivity index (χ4n) is 2.75. The fourth-order valence-corrected chi connectivity index (χ4v) is 2.75. The summed E-state index contributed by atoms with van der Waals surface area (Å²) in [6.45, 7) is 8.69. The molecule has 1 aromatic heterocycles. The number of anilines is 3. The van der Waals surface area contributed by atoms with E-state index in [-0.39, 0.29) is 5.91 Å². The molecule has 0 fully saturated rings. The van der Waals surface area contributed by atoms with Gasteiger partial charge < -0.3 is 15.4 Å². The molecule has 0 radical (unpaired) electrons. The van der Waals surface area contributed by atoms with Gasteiger partial charge in [-0.1, -0.05) is 19.9 Å². The summed E-state index contributed by atoms with van der Waals surface area (Å²) in [6.07, 6.45) is 0. The van der Waals surface area contributed by atoms with Crippen molar-refractivity contribution in [3.63, 3.8) is 0 Å². The molecule has 0 aliphatic heterocycles. The van der Waals surface area contributed by atoms with Gasteiger partial charge in [0.05, 0.1) is 6.61 Å². The zero-order valence-corrected chi connectivity index (χ0v) is 17.2. The number of hydrogen-bond donors (Lipinski definition) is 2. The van der Waals surface area contributed by atoms with Gasteiger partial charge in [0.15, 0.2) is 0 Å².